The third-order valence-electron chi connectivity index (χ3n) is 4.34. The molecule has 4 rings (SSSR count). The van der Waals surface area contributed by atoms with Crippen LogP contribution in [-0.4, -0.2) is 22.2 Å². The number of hydrogen-bond donors (Lipinski definition) is 2. The lowest BCUT2D eigenvalue weighted by molar-refractivity contribution is -0.115. The number of amides is 1. The molecule has 1 saturated heterocycles. The number of carbonyl (C=O) groups excluding carboxylic acids is 1. The Kier molecular flexibility index (Phi) is 5.48. The minimum atomic E-state index is -1.03. The number of carbonyl (C=O) groups is 2. The number of aliphatic imine (C=N–C) groups is 1. The number of benzene rings is 2. The van der Waals surface area contributed by atoms with Crippen LogP contribution in [0.2, 0.25) is 5.02 Å². The van der Waals surface area contributed by atoms with Crippen molar-refractivity contribution in [3.05, 3.63) is 81.4 Å². The molecule has 1 amide bonds. The van der Waals surface area contributed by atoms with Crippen molar-refractivity contribution in [1.82, 2.24) is 5.32 Å². The average Bonchev–Trinajstić information content (AvgIpc) is 3.30. The Morgan fingerprint density at radius 2 is 2.03 bits per heavy atom. The number of halogens is 1. The zero-order valence-electron chi connectivity index (χ0n) is 15.7. The highest BCUT2D eigenvalue weighted by Crippen LogP contribution is 2.31. The van der Waals surface area contributed by atoms with Crippen LogP contribution in [0.3, 0.4) is 0 Å². The van der Waals surface area contributed by atoms with Crippen LogP contribution in [0.1, 0.15) is 21.7 Å². The largest absolute Gasteiger partial charge is 0.478 e. The van der Waals surface area contributed by atoms with Crippen LogP contribution < -0.4 is 5.32 Å². The van der Waals surface area contributed by atoms with Gasteiger partial charge in [0.05, 0.1) is 16.2 Å². The average molecular weight is 439 g/mol. The summed E-state index contributed by atoms with van der Waals surface area (Å²) in [6, 6.07) is 15.6. The molecule has 150 valence electrons. The van der Waals surface area contributed by atoms with E-state index in [1.807, 2.05) is 25.1 Å². The van der Waals surface area contributed by atoms with Crippen LogP contribution in [0.15, 0.2) is 68.9 Å². The van der Waals surface area contributed by atoms with E-state index in [-0.39, 0.29) is 11.5 Å². The van der Waals surface area contributed by atoms with Crippen molar-refractivity contribution in [2.24, 2.45) is 4.99 Å². The highest BCUT2D eigenvalue weighted by Gasteiger charge is 2.24. The number of nitrogens with zero attached hydrogens (tertiary/aromatic N) is 1. The Bertz CT molecular complexity index is 1230. The van der Waals surface area contributed by atoms with Crippen LogP contribution in [0, 0.1) is 6.92 Å². The Hall–Kier alpha value is -3.29. The lowest BCUT2D eigenvalue weighted by atomic mass is 10.1. The molecule has 30 heavy (non-hydrogen) atoms. The summed E-state index contributed by atoms with van der Waals surface area (Å²) >= 11 is 7.18. The first-order valence-corrected chi connectivity index (χ1v) is 10.1. The summed E-state index contributed by atoms with van der Waals surface area (Å²) in [6.45, 7) is 1.82. The molecule has 1 aliphatic rings. The number of hydrogen-bond acceptors (Lipinski definition) is 5. The van der Waals surface area contributed by atoms with Crippen LogP contribution in [-0.2, 0) is 4.79 Å². The Morgan fingerprint density at radius 3 is 2.80 bits per heavy atom. The third kappa shape index (κ3) is 4.32. The second-order valence-electron chi connectivity index (χ2n) is 6.50. The molecule has 8 heteroatoms. The van der Waals surface area contributed by atoms with Crippen molar-refractivity contribution in [2.45, 2.75) is 6.92 Å². The number of aryl methyl sites for hydroxylation is 1. The van der Waals surface area contributed by atoms with Crippen molar-refractivity contribution in [3.8, 4) is 11.3 Å². The van der Waals surface area contributed by atoms with E-state index < -0.39 is 5.97 Å². The number of aromatic carboxylic acids is 1. The summed E-state index contributed by atoms with van der Waals surface area (Å²) in [6.07, 6.45) is 1.64. The van der Waals surface area contributed by atoms with E-state index in [4.69, 9.17) is 21.1 Å². The van der Waals surface area contributed by atoms with Crippen LogP contribution >= 0.6 is 23.4 Å². The number of carboxylic acid groups (broad SMARTS) is 1. The Labute approximate surface area is 181 Å². The first-order chi connectivity index (χ1) is 14.4. The second-order valence-corrected chi connectivity index (χ2v) is 7.97. The summed E-state index contributed by atoms with van der Waals surface area (Å²) in [4.78, 5) is 28.3. The summed E-state index contributed by atoms with van der Waals surface area (Å²) in [5, 5.41) is 12.8. The molecular formula is C22H15ClN2O4S. The normalized spacial score (nSPS) is 16.3. The van der Waals surface area contributed by atoms with Gasteiger partial charge in [-0.2, -0.15) is 0 Å². The molecular weight excluding hydrogens is 424 g/mol. The molecule has 0 unspecified atom stereocenters. The molecule has 6 nitrogen and oxygen atoms in total. The maximum absolute atomic E-state index is 12.3. The molecule has 0 bridgehead atoms. The van der Waals surface area contributed by atoms with E-state index in [0.29, 0.717) is 32.3 Å². The quantitative estimate of drug-likeness (QED) is 0.525. The third-order valence-corrected chi connectivity index (χ3v) is 5.48. The van der Waals surface area contributed by atoms with Crippen LogP contribution in [0.25, 0.3) is 17.4 Å². The number of nitrogens with one attached hydrogen (secondary N) is 1. The molecule has 0 spiro atoms. The van der Waals surface area contributed by atoms with Gasteiger partial charge in [0.25, 0.3) is 5.91 Å². The molecule has 0 atom stereocenters. The first-order valence-electron chi connectivity index (χ1n) is 8.88. The Morgan fingerprint density at radius 1 is 1.20 bits per heavy atom. The monoisotopic (exact) mass is 438 g/mol. The van der Waals surface area contributed by atoms with Gasteiger partial charge in [0.2, 0.25) is 0 Å². The first kappa shape index (κ1) is 20.0. The minimum Gasteiger partial charge on any atom is -0.478 e. The van der Waals surface area contributed by atoms with Gasteiger partial charge in [-0.15, -0.1) is 0 Å². The zero-order valence-corrected chi connectivity index (χ0v) is 17.3. The van der Waals surface area contributed by atoms with Gasteiger partial charge >= 0.3 is 5.97 Å². The van der Waals surface area contributed by atoms with Crippen molar-refractivity contribution in [2.75, 3.05) is 0 Å². The van der Waals surface area contributed by atoms with Gasteiger partial charge in [0.1, 0.15) is 11.5 Å². The summed E-state index contributed by atoms with van der Waals surface area (Å²) in [5.41, 5.74) is 2.26. The van der Waals surface area contributed by atoms with Gasteiger partial charge < -0.3 is 14.8 Å². The van der Waals surface area contributed by atoms with E-state index in [1.54, 1.807) is 30.3 Å². The zero-order chi connectivity index (χ0) is 21.3. The number of amidine groups is 1. The second kappa shape index (κ2) is 8.22. The fourth-order valence-corrected chi connectivity index (χ4v) is 3.81. The summed E-state index contributed by atoms with van der Waals surface area (Å²) < 4.78 is 5.82. The van der Waals surface area contributed by atoms with Gasteiger partial charge in [0, 0.05) is 16.7 Å². The molecule has 2 aromatic carbocycles. The topological polar surface area (TPSA) is 91.9 Å². The van der Waals surface area contributed by atoms with Gasteiger partial charge in [0.15, 0.2) is 5.17 Å². The highest BCUT2D eigenvalue weighted by atomic mass is 35.5. The number of rotatable bonds is 4. The van der Waals surface area contributed by atoms with Gasteiger partial charge in [-0.05, 0) is 60.6 Å². The van der Waals surface area contributed by atoms with E-state index >= 15 is 0 Å². The summed E-state index contributed by atoms with van der Waals surface area (Å²) in [7, 11) is 0. The molecule has 0 saturated carbocycles. The SMILES string of the molecule is Cc1ccc(C(=O)O)cc1N=C1NC(=O)/C(=C\c2ccc(-c3cccc(Cl)c3)o2)S1. The standard InChI is InChI=1S/C22H15ClN2O4S/c1-12-5-6-14(21(27)28)10-17(12)24-22-25-20(26)19(30-22)11-16-7-8-18(29-16)13-3-2-4-15(23)9-13/h2-11H,1H3,(H,27,28)(H,24,25,26)/b19-11+. The number of carboxylic acids is 1. The van der Waals surface area contributed by atoms with Gasteiger partial charge in [-0.1, -0.05) is 29.8 Å². The molecule has 2 N–H and O–H groups in total. The molecule has 1 fully saturated rings. The maximum Gasteiger partial charge on any atom is 0.335 e. The number of thioether (sulfide) groups is 1. The molecule has 1 aromatic heterocycles. The van der Waals surface area contributed by atoms with Crippen molar-refractivity contribution in [1.29, 1.82) is 0 Å². The molecule has 1 aliphatic heterocycles. The predicted molar refractivity (Wildman–Crippen MR) is 118 cm³/mol. The fourth-order valence-electron chi connectivity index (χ4n) is 2.81. The minimum absolute atomic E-state index is 0.133. The molecule has 2 heterocycles. The molecule has 0 aliphatic carbocycles. The fraction of sp³-hybridized carbons (Fsp3) is 0.0455. The van der Waals surface area contributed by atoms with E-state index in [0.717, 1.165) is 22.9 Å². The predicted octanol–water partition coefficient (Wildman–Crippen LogP) is 5.50. The van der Waals surface area contributed by atoms with E-state index in [1.165, 1.54) is 12.1 Å². The molecule has 0 radical (unpaired) electrons. The smallest absolute Gasteiger partial charge is 0.335 e. The van der Waals surface area contributed by atoms with Gasteiger partial charge in [-0.25, -0.2) is 9.79 Å². The maximum atomic E-state index is 12.3. The van der Waals surface area contributed by atoms with Crippen molar-refractivity contribution in [3.63, 3.8) is 0 Å². The van der Waals surface area contributed by atoms with Crippen molar-refractivity contribution >= 4 is 52.2 Å². The van der Waals surface area contributed by atoms with E-state index in [2.05, 4.69) is 10.3 Å². The summed E-state index contributed by atoms with van der Waals surface area (Å²) in [5.74, 6) is -0.171. The van der Waals surface area contributed by atoms with Gasteiger partial charge in [-0.3, -0.25) is 4.79 Å². The lowest BCUT2D eigenvalue weighted by Gasteiger charge is -2.03. The van der Waals surface area contributed by atoms with Crippen LogP contribution in [0.5, 0.6) is 0 Å². The number of furan rings is 1. The van der Waals surface area contributed by atoms with Crippen molar-refractivity contribution < 1.29 is 19.1 Å². The highest BCUT2D eigenvalue weighted by molar-refractivity contribution is 8.18. The molecule has 3 aromatic rings. The lowest BCUT2D eigenvalue weighted by Crippen LogP contribution is -2.19. The van der Waals surface area contributed by atoms with E-state index in [9.17, 15) is 9.59 Å². The Balaban J connectivity index is 1.57. The van der Waals surface area contributed by atoms with Crippen LogP contribution in [0.4, 0.5) is 5.69 Å².